The molecule has 0 unspecified atom stereocenters. The lowest BCUT2D eigenvalue weighted by atomic mass is 10.1. The molecule has 4 rings (SSSR count). The molecule has 30 heavy (non-hydrogen) atoms. The van der Waals surface area contributed by atoms with Crippen molar-refractivity contribution < 1.29 is 23.8 Å². The maximum absolute atomic E-state index is 12.4. The van der Waals surface area contributed by atoms with Crippen molar-refractivity contribution in [1.29, 1.82) is 5.26 Å². The molecule has 8 nitrogen and oxygen atoms in total. The minimum Gasteiger partial charge on any atom is -0.465 e. The van der Waals surface area contributed by atoms with E-state index in [1.807, 2.05) is 0 Å². The van der Waals surface area contributed by atoms with E-state index in [0.717, 1.165) is 17.1 Å². The average Bonchev–Trinajstić information content (AvgIpc) is 3.22. The highest BCUT2D eigenvalue weighted by molar-refractivity contribution is 8.00. The summed E-state index contributed by atoms with van der Waals surface area (Å²) in [4.78, 5) is 28.8. The van der Waals surface area contributed by atoms with Crippen molar-refractivity contribution in [1.82, 2.24) is 4.98 Å². The van der Waals surface area contributed by atoms with Crippen LogP contribution < -0.4 is 14.8 Å². The number of rotatable bonds is 5. The van der Waals surface area contributed by atoms with Gasteiger partial charge in [0, 0.05) is 11.5 Å². The standard InChI is InChI=1S/C21H15N3O5S/c1-27-21(26)14-4-2-3-5-15(14)23-19(25)10-30-20-13(9-22)6-12-7-17-18(29-11-28-17)8-16(12)24-20/h2-8H,10-11H2,1H3,(H,23,25). The molecule has 0 saturated carbocycles. The Bertz CT molecular complexity index is 1210. The first-order valence-electron chi connectivity index (χ1n) is 8.83. The Morgan fingerprint density at radius 3 is 2.77 bits per heavy atom. The summed E-state index contributed by atoms with van der Waals surface area (Å²) in [7, 11) is 1.28. The monoisotopic (exact) mass is 421 g/mol. The Hall–Kier alpha value is -3.77. The van der Waals surface area contributed by atoms with Crippen LogP contribution in [-0.2, 0) is 9.53 Å². The van der Waals surface area contributed by atoms with Gasteiger partial charge in [-0.3, -0.25) is 4.79 Å². The number of ether oxygens (including phenoxy) is 3. The molecule has 0 fully saturated rings. The van der Waals surface area contributed by atoms with Crippen LogP contribution in [0.15, 0.2) is 47.5 Å². The Kier molecular flexibility index (Phi) is 5.41. The van der Waals surface area contributed by atoms with Gasteiger partial charge in [-0.25, -0.2) is 9.78 Å². The van der Waals surface area contributed by atoms with Crippen molar-refractivity contribution in [3.8, 4) is 17.6 Å². The van der Waals surface area contributed by atoms with Gasteiger partial charge in [0.05, 0.1) is 35.2 Å². The fourth-order valence-electron chi connectivity index (χ4n) is 2.94. The number of fused-ring (bicyclic) bond motifs is 2. The summed E-state index contributed by atoms with van der Waals surface area (Å²) in [6, 6.07) is 13.9. The number of pyridine rings is 1. The predicted octanol–water partition coefficient (Wildman–Crippen LogP) is 3.35. The lowest BCUT2D eigenvalue weighted by Crippen LogP contribution is -2.17. The molecule has 1 aromatic heterocycles. The fraction of sp³-hybridized carbons (Fsp3) is 0.143. The zero-order chi connectivity index (χ0) is 21.1. The Morgan fingerprint density at radius 1 is 1.23 bits per heavy atom. The number of para-hydroxylation sites is 1. The number of thioether (sulfide) groups is 1. The van der Waals surface area contributed by atoms with Gasteiger partial charge in [0.15, 0.2) is 11.5 Å². The Morgan fingerprint density at radius 2 is 2.00 bits per heavy atom. The van der Waals surface area contributed by atoms with Crippen LogP contribution in [-0.4, -0.2) is 36.5 Å². The fourth-order valence-corrected chi connectivity index (χ4v) is 3.70. The summed E-state index contributed by atoms with van der Waals surface area (Å²) in [6.45, 7) is 0.144. The van der Waals surface area contributed by atoms with Crippen molar-refractivity contribution in [3.05, 3.63) is 53.6 Å². The molecule has 0 bridgehead atoms. The molecule has 0 radical (unpaired) electrons. The number of nitrogens with zero attached hydrogens (tertiary/aromatic N) is 2. The first-order chi connectivity index (χ1) is 14.6. The number of benzene rings is 2. The quantitative estimate of drug-likeness (QED) is 0.493. The predicted molar refractivity (Wildman–Crippen MR) is 110 cm³/mol. The summed E-state index contributed by atoms with van der Waals surface area (Å²) in [6.07, 6.45) is 0. The van der Waals surface area contributed by atoms with Crippen LogP contribution in [0.2, 0.25) is 0 Å². The van der Waals surface area contributed by atoms with Gasteiger partial charge >= 0.3 is 5.97 Å². The van der Waals surface area contributed by atoms with Crippen LogP contribution in [0.1, 0.15) is 15.9 Å². The van der Waals surface area contributed by atoms with E-state index in [2.05, 4.69) is 16.4 Å². The van der Waals surface area contributed by atoms with Crippen molar-refractivity contribution >= 4 is 40.2 Å². The molecule has 0 saturated heterocycles. The maximum atomic E-state index is 12.4. The maximum Gasteiger partial charge on any atom is 0.339 e. The van der Waals surface area contributed by atoms with E-state index < -0.39 is 5.97 Å². The topological polar surface area (TPSA) is 111 Å². The molecule has 2 heterocycles. The van der Waals surface area contributed by atoms with Crippen molar-refractivity contribution in [2.24, 2.45) is 0 Å². The number of hydrogen-bond donors (Lipinski definition) is 1. The third kappa shape index (κ3) is 3.86. The van der Waals surface area contributed by atoms with E-state index in [4.69, 9.17) is 14.2 Å². The van der Waals surface area contributed by atoms with Crippen LogP contribution in [0.25, 0.3) is 10.9 Å². The molecular weight excluding hydrogens is 406 g/mol. The van der Waals surface area contributed by atoms with Gasteiger partial charge in [-0.2, -0.15) is 5.26 Å². The number of nitriles is 1. The SMILES string of the molecule is COC(=O)c1ccccc1NC(=O)CSc1nc2cc3c(cc2cc1C#N)OCO3. The first kappa shape index (κ1) is 19.5. The van der Waals surface area contributed by atoms with E-state index in [-0.39, 0.29) is 24.0 Å². The zero-order valence-corrected chi connectivity index (χ0v) is 16.6. The smallest absolute Gasteiger partial charge is 0.339 e. The zero-order valence-electron chi connectivity index (χ0n) is 15.8. The highest BCUT2D eigenvalue weighted by Gasteiger charge is 2.18. The van der Waals surface area contributed by atoms with Gasteiger partial charge in [0.25, 0.3) is 0 Å². The lowest BCUT2D eigenvalue weighted by molar-refractivity contribution is -0.113. The molecule has 1 aliphatic rings. The van der Waals surface area contributed by atoms with E-state index in [9.17, 15) is 14.9 Å². The third-order valence-electron chi connectivity index (χ3n) is 4.34. The molecular formula is C21H15N3O5S. The summed E-state index contributed by atoms with van der Waals surface area (Å²) in [5.41, 5.74) is 1.61. The van der Waals surface area contributed by atoms with Crippen LogP contribution in [0.3, 0.4) is 0 Å². The van der Waals surface area contributed by atoms with Crippen LogP contribution in [0.4, 0.5) is 5.69 Å². The summed E-state index contributed by atoms with van der Waals surface area (Å²) < 4.78 is 15.5. The number of methoxy groups -OCH3 is 1. The number of esters is 1. The highest BCUT2D eigenvalue weighted by atomic mass is 32.2. The molecule has 1 N–H and O–H groups in total. The number of anilines is 1. The van der Waals surface area contributed by atoms with Crippen molar-refractivity contribution in [2.45, 2.75) is 5.03 Å². The van der Waals surface area contributed by atoms with E-state index in [1.165, 1.54) is 7.11 Å². The second-order valence-corrected chi connectivity index (χ2v) is 7.19. The molecule has 0 atom stereocenters. The van der Waals surface area contributed by atoms with Gasteiger partial charge in [-0.15, -0.1) is 0 Å². The van der Waals surface area contributed by atoms with E-state index in [1.54, 1.807) is 42.5 Å². The molecule has 2 aromatic carbocycles. The van der Waals surface area contributed by atoms with E-state index >= 15 is 0 Å². The second-order valence-electron chi connectivity index (χ2n) is 6.23. The normalized spacial score (nSPS) is 11.7. The first-order valence-corrected chi connectivity index (χ1v) is 9.82. The van der Waals surface area contributed by atoms with Gasteiger partial charge < -0.3 is 19.5 Å². The van der Waals surface area contributed by atoms with Crippen LogP contribution >= 0.6 is 11.8 Å². The number of nitrogens with one attached hydrogen (secondary N) is 1. The number of amides is 1. The summed E-state index contributed by atoms with van der Waals surface area (Å²) in [5, 5.41) is 13.4. The number of carbonyl (C=O) groups excluding carboxylic acids is 2. The minimum absolute atomic E-state index is 0.00719. The molecule has 3 aromatic rings. The Balaban J connectivity index is 1.52. The largest absolute Gasteiger partial charge is 0.465 e. The van der Waals surface area contributed by atoms with Gasteiger partial charge in [-0.05, 0) is 24.3 Å². The molecule has 150 valence electrons. The van der Waals surface area contributed by atoms with Crippen LogP contribution in [0.5, 0.6) is 11.5 Å². The molecule has 9 heteroatoms. The minimum atomic E-state index is -0.541. The van der Waals surface area contributed by atoms with Gasteiger partial charge in [0.2, 0.25) is 12.7 Å². The lowest BCUT2D eigenvalue weighted by Gasteiger charge is -2.10. The molecule has 1 aliphatic heterocycles. The number of aromatic nitrogens is 1. The molecule has 0 aliphatic carbocycles. The Labute approximate surface area is 175 Å². The third-order valence-corrected chi connectivity index (χ3v) is 5.33. The van der Waals surface area contributed by atoms with E-state index in [0.29, 0.717) is 33.3 Å². The van der Waals surface area contributed by atoms with Crippen LogP contribution in [0, 0.1) is 11.3 Å². The molecule has 0 spiro atoms. The number of carbonyl (C=O) groups is 2. The average molecular weight is 421 g/mol. The van der Waals surface area contributed by atoms with Crippen molar-refractivity contribution in [3.63, 3.8) is 0 Å². The van der Waals surface area contributed by atoms with Gasteiger partial charge in [-0.1, -0.05) is 23.9 Å². The van der Waals surface area contributed by atoms with Gasteiger partial charge in [0.1, 0.15) is 11.1 Å². The highest BCUT2D eigenvalue weighted by Crippen LogP contribution is 2.37. The second kappa shape index (κ2) is 8.31. The number of hydrogen-bond acceptors (Lipinski definition) is 8. The molecule has 1 amide bonds. The summed E-state index contributed by atoms with van der Waals surface area (Å²) >= 11 is 1.13. The van der Waals surface area contributed by atoms with Crippen molar-refractivity contribution in [2.75, 3.05) is 25.0 Å². The summed E-state index contributed by atoms with van der Waals surface area (Å²) in [5.74, 6) is 0.325.